The molecule has 0 fully saturated rings. The highest BCUT2D eigenvalue weighted by atomic mass is 32.2. The number of amides is 1. The molecule has 0 spiro atoms. The summed E-state index contributed by atoms with van der Waals surface area (Å²) in [6, 6.07) is 25.1. The fourth-order valence-electron chi connectivity index (χ4n) is 2.59. The minimum Gasteiger partial charge on any atom is -0.348 e. The highest BCUT2D eigenvalue weighted by Crippen LogP contribution is 2.32. The molecule has 1 N–H and O–H groups in total. The van der Waals surface area contributed by atoms with Crippen LogP contribution in [0.15, 0.2) is 82.6 Å². The van der Waals surface area contributed by atoms with Gasteiger partial charge in [0.2, 0.25) is 0 Å². The maximum atomic E-state index is 12.7. The largest absolute Gasteiger partial charge is 0.348 e. The lowest BCUT2D eigenvalue weighted by molar-refractivity contribution is 0.0948. The number of hydrogen-bond donors (Lipinski definition) is 1. The maximum Gasteiger partial charge on any atom is 0.252 e. The molecule has 0 saturated carbocycles. The van der Waals surface area contributed by atoms with Crippen LogP contribution < -0.4 is 5.32 Å². The molecule has 0 aliphatic heterocycles. The Bertz CT molecular complexity index is 976. The molecule has 0 aliphatic carbocycles. The maximum absolute atomic E-state index is 12.7. The first-order valence-electron chi connectivity index (χ1n) is 8.28. The molecule has 0 atom stereocenters. The molecule has 3 nitrogen and oxygen atoms in total. The van der Waals surface area contributed by atoms with Gasteiger partial charge in [-0.2, -0.15) is 5.26 Å². The number of carbonyl (C=O) groups is 1. The molecule has 3 aromatic rings. The number of hydrogen-bond acceptors (Lipinski definition) is 3. The fraction of sp³-hybridized carbons (Fsp3) is 0.0909. The number of benzene rings is 3. The summed E-state index contributed by atoms with van der Waals surface area (Å²) in [5.74, 6) is -0.120. The molecule has 0 bridgehead atoms. The van der Waals surface area contributed by atoms with Crippen LogP contribution >= 0.6 is 11.8 Å². The Hall–Kier alpha value is -3.03. The van der Waals surface area contributed by atoms with Gasteiger partial charge in [-0.3, -0.25) is 4.79 Å². The normalized spacial score (nSPS) is 10.2. The van der Waals surface area contributed by atoms with Gasteiger partial charge in [-0.15, -0.1) is 0 Å². The molecule has 0 aliphatic rings. The first-order chi connectivity index (χ1) is 12.7. The van der Waals surface area contributed by atoms with E-state index in [9.17, 15) is 10.1 Å². The molecule has 0 heterocycles. The van der Waals surface area contributed by atoms with Crippen molar-refractivity contribution >= 4 is 17.7 Å². The molecule has 0 unspecified atom stereocenters. The van der Waals surface area contributed by atoms with Crippen molar-refractivity contribution in [2.24, 2.45) is 0 Å². The second-order valence-corrected chi connectivity index (χ2v) is 6.90. The molecular formula is C22H18N2OS. The Kier molecular flexibility index (Phi) is 5.73. The second kappa shape index (κ2) is 8.37. The van der Waals surface area contributed by atoms with E-state index in [1.807, 2.05) is 73.7 Å². The van der Waals surface area contributed by atoms with Crippen LogP contribution in [0.3, 0.4) is 0 Å². The predicted octanol–water partition coefficient (Wildman–Crippen LogP) is 4.95. The van der Waals surface area contributed by atoms with E-state index in [1.165, 1.54) is 11.8 Å². The van der Waals surface area contributed by atoms with Gasteiger partial charge in [-0.1, -0.05) is 60.3 Å². The van der Waals surface area contributed by atoms with Gasteiger partial charge < -0.3 is 5.32 Å². The van der Waals surface area contributed by atoms with Crippen LogP contribution in [-0.4, -0.2) is 5.91 Å². The van der Waals surface area contributed by atoms with Crippen molar-refractivity contribution in [3.63, 3.8) is 0 Å². The Balaban J connectivity index is 1.79. The van der Waals surface area contributed by atoms with Crippen LogP contribution in [0.5, 0.6) is 0 Å². The zero-order valence-electron chi connectivity index (χ0n) is 14.4. The second-order valence-electron chi connectivity index (χ2n) is 5.82. The van der Waals surface area contributed by atoms with Crippen LogP contribution in [0.4, 0.5) is 0 Å². The lowest BCUT2D eigenvalue weighted by Gasteiger charge is -2.11. The highest BCUT2D eigenvalue weighted by molar-refractivity contribution is 7.99. The average molecular weight is 358 g/mol. The lowest BCUT2D eigenvalue weighted by Crippen LogP contribution is -2.23. The minimum absolute atomic E-state index is 0.120. The van der Waals surface area contributed by atoms with Gasteiger partial charge in [0.05, 0.1) is 11.1 Å². The van der Waals surface area contributed by atoms with E-state index >= 15 is 0 Å². The number of carbonyl (C=O) groups excluding carboxylic acids is 1. The van der Waals surface area contributed by atoms with E-state index in [2.05, 4.69) is 11.4 Å². The van der Waals surface area contributed by atoms with Crippen LogP contribution in [0.2, 0.25) is 0 Å². The number of aryl methyl sites for hydroxylation is 1. The molecule has 0 aromatic heterocycles. The molecule has 0 saturated heterocycles. The van der Waals surface area contributed by atoms with Crippen LogP contribution in [-0.2, 0) is 6.54 Å². The number of nitrogens with zero attached hydrogens (tertiary/aromatic N) is 1. The summed E-state index contributed by atoms with van der Waals surface area (Å²) < 4.78 is 0. The third kappa shape index (κ3) is 4.14. The van der Waals surface area contributed by atoms with Crippen molar-refractivity contribution in [3.8, 4) is 6.07 Å². The van der Waals surface area contributed by atoms with Crippen molar-refractivity contribution in [2.75, 3.05) is 0 Å². The van der Waals surface area contributed by atoms with E-state index in [-0.39, 0.29) is 5.91 Å². The Labute approximate surface area is 157 Å². The molecule has 1 amide bonds. The summed E-state index contributed by atoms with van der Waals surface area (Å²) in [5.41, 5.74) is 3.46. The zero-order valence-corrected chi connectivity index (χ0v) is 15.2. The van der Waals surface area contributed by atoms with E-state index < -0.39 is 0 Å². The van der Waals surface area contributed by atoms with E-state index in [0.717, 1.165) is 20.9 Å². The first kappa shape index (κ1) is 17.8. The SMILES string of the molecule is Cc1ccccc1CNC(=O)c1ccccc1Sc1ccccc1C#N. The van der Waals surface area contributed by atoms with E-state index in [1.54, 1.807) is 6.07 Å². The quantitative estimate of drug-likeness (QED) is 0.702. The van der Waals surface area contributed by atoms with Crippen molar-refractivity contribution in [1.82, 2.24) is 5.32 Å². The predicted molar refractivity (Wildman–Crippen MR) is 104 cm³/mol. The van der Waals surface area contributed by atoms with E-state index in [4.69, 9.17) is 0 Å². The van der Waals surface area contributed by atoms with E-state index in [0.29, 0.717) is 17.7 Å². The smallest absolute Gasteiger partial charge is 0.252 e. The molecule has 26 heavy (non-hydrogen) atoms. The Morgan fingerprint density at radius 3 is 2.38 bits per heavy atom. The zero-order chi connectivity index (χ0) is 18.4. The fourth-order valence-corrected chi connectivity index (χ4v) is 3.61. The minimum atomic E-state index is -0.120. The lowest BCUT2D eigenvalue weighted by atomic mass is 10.1. The van der Waals surface area contributed by atoms with Crippen molar-refractivity contribution in [1.29, 1.82) is 5.26 Å². The topological polar surface area (TPSA) is 52.9 Å². The Morgan fingerprint density at radius 2 is 1.62 bits per heavy atom. The molecule has 128 valence electrons. The van der Waals surface area contributed by atoms with Crippen molar-refractivity contribution in [3.05, 3.63) is 95.1 Å². The summed E-state index contributed by atoms with van der Waals surface area (Å²) >= 11 is 1.44. The highest BCUT2D eigenvalue weighted by Gasteiger charge is 2.13. The summed E-state index contributed by atoms with van der Waals surface area (Å²) in [4.78, 5) is 14.4. The standard InChI is InChI=1S/C22H18N2OS/c1-16-8-2-3-10-18(16)15-24-22(25)19-11-5-7-13-21(19)26-20-12-6-4-9-17(20)14-23/h2-13H,15H2,1H3,(H,24,25). The van der Waals surface area contributed by atoms with Crippen molar-refractivity contribution in [2.45, 2.75) is 23.3 Å². The summed E-state index contributed by atoms with van der Waals surface area (Å²) in [5, 5.41) is 12.3. The van der Waals surface area contributed by atoms with Gasteiger partial charge in [0, 0.05) is 16.3 Å². The van der Waals surface area contributed by atoms with Crippen LogP contribution in [0.25, 0.3) is 0 Å². The third-order valence-corrected chi connectivity index (χ3v) is 5.21. The van der Waals surface area contributed by atoms with Gasteiger partial charge in [-0.25, -0.2) is 0 Å². The van der Waals surface area contributed by atoms with Gasteiger partial charge >= 0.3 is 0 Å². The summed E-state index contributed by atoms with van der Waals surface area (Å²) in [6.45, 7) is 2.52. The summed E-state index contributed by atoms with van der Waals surface area (Å²) in [6.07, 6.45) is 0. The van der Waals surface area contributed by atoms with Gasteiger partial charge in [-0.05, 0) is 42.3 Å². The van der Waals surface area contributed by atoms with Crippen LogP contribution in [0, 0.1) is 18.3 Å². The summed E-state index contributed by atoms with van der Waals surface area (Å²) in [7, 11) is 0. The van der Waals surface area contributed by atoms with Crippen molar-refractivity contribution < 1.29 is 4.79 Å². The molecule has 0 radical (unpaired) electrons. The van der Waals surface area contributed by atoms with Gasteiger partial charge in [0.25, 0.3) is 5.91 Å². The first-order valence-corrected chi connectivity index (χ1v) is 9.09. The van der Waals surface area contributed by atoms with Gasteiger partial charge in [0.15, 0.2) is 0 Å². The number of nitrogens with one attached hydrogen (secondary N) is 1. The average Bonchev–Trinajstić information content (AvgIpc) is 2.68. The Morgan fingerprint density at radius 1 is 0.962 bits per heavy atom. The van der Waals surface area contributed by atoms with Crippen LogP contribution in [0.1, 0.15) is 27.0 Å². The molecular weight excluding hydrogens is 340 g/mol. The molecule has 3 rings (SSSR count). The molecule has 3 aromatic carbocycles. The third-order valence-electron chi connectivity index (χ3n) is 4.06. The van der Waals surface area contributed by atoms with Gasteiger partial charge in [0.1, 0.15) is 6.07 Å². The monoisotopic (exact) mass is 358 g/mol. The molecule has 4 heteroatoms. The number of rotatable bonds is 5. The number of nitriles is 1.